The summed E-state index contributed by atoms with van der Waals surface area (Å²) >= 11 is 0. The molecule has 0 aliphatic rings. The summed E-state index contributed by atoms with van der Waals surface area (Å²) < 4.78 is 22.7. The van der Waals surface area contributed by atoms with Gasteiger partial charge in [0, 0.05) is 12.8 Å². The summed E-state index contributed by atoms with van der Waals surface area (Å²) in [4.78, 5) is 37.0. The predicted molar refractivity (Wildman–Crippen MR) is 249 cm³/mol. The molecule has 0 aromatic heterocycles. The Morgan fingerprint density at radius 1 is 0.500 bits per heavy atom. The molecule has 0 aliphatic heterocycles. The minimum atomic E-state index is -1.51. The van der Waals surface area contributed by atoms with Gasteiger partial charge in [-0.15, -0.1) is 0 Å². The predicted octanol–water partition coefficient (Wildman–Crippen LogP) is 13.4. The second-order valence-corrected chi connectivity index (χ2v) is 17.8. The van der Waals surface area contributed by atoms with E-state index < -0.39 is 24.3 Å². The number of aliphatic carboxylic acids is 1. The standard InChI is InChI=1S/C51H93NO8/c1-6-8-10-12-14-16-17-18-19-20-21-22-23-24-25-26-27-28-29-30-31-32-33-34-36-38-40-42-49(54)60-47(46-59-51(50(55)56)57-44-43-52(3,4)5)45-58-48(53)41-39-37-35-15-13-11-9-7-2/h17-18,20-21,23-24,47,51H,6-16,19,22,25-46H2,1-5H3/p+1/b18-17-,21-20-,24-23-. The number of quaternary nitrogens is 1. The summed E-state index contributed by atoms with van der Waals surface area (Å²) in [7, 11) is 5.95. The van der Waals surface area contributed by atoms with Crippen LogP contribution in [0.4, 0.5) is 0 Å². The minimum absolute atomic E-state index is 0.180. The second-order valence-electron chi connectivity index (χ2n) is 17.8. The van der Waals surface area contributed by atoms with Crippen molar-refractivity contribution in [3.8, 4) is 0 Å². The molecule has 0 radical (unpaired) electrons. The molecule has 2 atom stereocenters. The third-order valence-electron chi connectivity index (χ3n) is 10.6. The number of likely N-dealkylation sites (N-methyl/N-ethyl adjacent to an activating group) is 1. The number of carboxylic acid groups (broad SMARTS) is 1. The van der Waals surface area contributed by atoms with Gasteiger partial charge in [0.05, 0.1) is 34.4 Å². The van der Waals surface area contributed by atoms with Gasteiger partial charge in [-0.1, -0.05) is 185 Å². The Hall–Kier alpha value is -2.49. The molecule has 60 heavy (non-hydrogen) atoms. The number of unbranched alkanes of at least 4 members (excludes halogenated alkanes) is 24. The molecule has 350 valence electrons. The van der Waals surface area contributed by atoms with Crippen molar-refractivity contribution in [1.82, 2.24) is 0 Å². The third-order valence-corrected chi connectivity index (χ3v) is 10.6. The fraction of sp³-hybridized carbons (Fsp3) is 0.824. The van der Waals surface area contributed by atoms with Gasteiger partial charge in [-0.25, -0.2) is 4.79 Å². The van der Waals surface area contributed by atoms with Crippen molar-refractivity contribution in [3.63, 3.8) is 0 Å². The summed E-state index contributed by atoms with van der Waals surface area (Å²) in [5.74, 6) is -2.01. The van der Waals surface area contributed by atoms with Crippen LogP contribution in [0.15, 0.2) is 36.5 Å². The highest BCUT2D eigenvalue weighted by molar-refractivity contribution is 5.71. The van der Waals surface area contributed by atoms with E-state index in [2.05, 4.69) is 50.3 Å². The van der Waals surface area contributed by atoms with E-state index in [1.165, 1.54) is 135 Å². The molecule has 0 heterocycles. The van der Waals surface area contributed by atoms with Crippen molar-refractivity contribution in [2.75, 3.05) is 47.5 Å². The topological polar surface area (TPSA) is 108 Å². The van der Waals surface area contributed by atoms with Crippen LogP contribution >= 0.6 is 0 Å². The third kappa shape index (κ3) is 43.6. The molecule has 9 nitrogen and oxygen atoms in total. The Morgan fingerprint density at radius 2 is 0.900 bits per heavy atom. The summed E-state index contributed by atoms with van der Waals surface area (Å²) in [6.07, 6.45) is 46.6. The maximum absolute atomic E-state index is 12.8. The second kappa shape index (κ2) is 43.2. The number of hydrogen-bond acceptors (Lipinski definition) is 7. The van der Waals surface area contributed by atoms with Gasteiger partial charge in [0.1, 0.15) is 13.2 Å². The molecule has 0 spiro atoms. The highest BCUT2D eigenvalue weighted by Crippen LogP contribution is 2.15. The fourth-order valence-corrected chi connectivity index (χ4v) is 6.78. The minimum Gasteiger partial charge on any atom is -0.477 e. The summed E-state index contributed by atoms with van der Waals surface area (Å²) in [5, 5.41) is 9.62. The molecule has 0 saturated heterocycles. The zero-order chi connectivity index (χ0) is 44.2. The van der Waals surface area contributed by atoms with Crippen LogP contribution in [0.1, 0.15) is 213 Å². The van der Waals surface area contributed by atoms with Crippen LogP contribution in [-0.2, 0) is 33.3 Å². The molecule has 1 N–H and O–H groups in total. The first-order chi connectivity index (χ1) is 29.1. The molecule has 2 unspecified atom stereocenters. The van der Waals surface area contributed by atoms with Crippen molar-refractivity contribution < 1.29 is 42.9 Å². The number of ether oxygens (including phenoxy) is 4. The molecule has 0 aromatic carbocycles. The Balaban J connectivity index is 4.16. The van der Waals surface area contributed by atoms with Gasteiger partial charge in [-0.05, 0) is 51.4 Å². The van der Waals surface area contributed by atoms with Gasteiger partial charge >= 0.3 is 17.9 Å². The van der Waals surface area contributed by atoms with Crippen LogP contribution in [0.25, 0.3) is 0 Å². The summed E-state index contributed by atoms with van der Waals surface area (Å²) in [6, 6.07) is 0. The van der Waals surface area contributed by atoms with E-state index in [1.54, 1.807) is 0 Å². The SMILES string of the molecule is CCCCCCC/C=C\C/C=C\C/C=C\CCCCCCCCCCCCCCC(=O)OC(COC(=O)CCCCCCCCCC)COC(OCC[N+](C)(C)C)C(=O)O. The highest BCUT2D eigenvalue weighted by Gasteiger charge is 2.25. The number of carbonyl (C=O) groups excluding carboxylic acids is 2. The van der Waals surface area contributed by atoms with Gasteiger partial charge < -0.3 is 28.5 Å². The Labute approximate surface area is 369 Å². The number of carboxylic acids is 1. The molecule has 0 amide bonds. The van der Waals surface area contributed by atoms with Crippen LogP contribution in [0.3, 0.4) is 0 Å². The Morgan fingerprint density at radius 3 is 1.33 bits per heavy atom. The van der Waals surface area contributed by atoms with Crippen LogP contribution in [-0.4, -0.2) is 87.4 Å². The number of carbonyl (C=O) groups is 3. The molecule has 0 saturated carbocycles. The van der Waals surface area contributed by atoms with Crippen LogP contribution in [0.5, 0.6) is 0 Å². The lowest BCUT2D eigenvalue weighted by Crippen LogP contribution is -2.40. The number of allylic oxidation sites excluding steroid dienone is 6. The quantitative estimate of drug-likeness (QED) is 0.0212. The van der Waals surface area contributed by atoms with Gasteiger partial charge in [0.2, 0.25) is 0 Å². The average Bonchev–Trinajstić information content (AvgIpc) is 3.21. The van der Waals surface area contributed by atoms with E-state index in [0.717, 1.165) is 51.4 Å². The molecular weight excluding hydrogens is 755 g/mol. The van der Waals surface area contributed by atoms with E-state index in [-0.39, 0.29) is 32.2 Å². The lowest BCUT2D eigenvalue weighted by Gasteiger charge is -2.25. The van der Waals surface area contributed by atoms with Crippen molar-refractivity contribution >= 4 is 17.9 Å². The van der Waals surface area contributed by atoms with Crippen molar-refractivity contribution in [2.45, 2.75) is 225 Å². The number of nitrogens with zero attached hydrogens (tertiary/aromatic N) is 1. The zero-order valence-corrected chi connectivity index (χ0v) is 39.6. The van der Waals surface area contributed by atoms with Gasteiger partial charge in [0.25, 0.3) is 6.29 Å². The maximum Gasteiger partial charge on any atom is 0.361 e. The van der Waals surface area contributed by atoms with Gasteiger partial charge in [-0.3, -0.25) is 9.59 Å². The van der Waals surface area contributed by atoms with Gasteiger partial charge in [-0.2, -0.15) is 0 Å². The van der Waals surface area contributed by atoms with Gasteiger partial charge in [0.15, 0.2) is 6.10 Å². The summed E-state index contributed by atoms with van der Waals surface area (Å²) in [5.41, 5.74) is 0. The monoisotopic (exact) mass is 849 g/mol. The first-order valence-corrected chi connectivity index (χ1v) is 24.7. The van der Waals surface area contributed by atoms with E-state index in [9.17, 15) is 19.5 Å². The lowest BCUT2D eigenvalue weighted by atomic mass is 10.0. The average molecular weight is 849 g/mol. The first-order valence-electron chi connectivity index (χ1n) is 24.7. The van der Waals surface area contributed by atoms with E-state index in [0.29, 0.717) is 17.4 Å². The van der Waals surface area contributed by atoms with E-state index in [1.807, 2.05) is 21.1 Å². The Bertz CT molecular complexity index is 1080. The highest BCUT2D eigenvalue weighted by atomic mass is 16.7. The zero-order valence-electron chi connectivity index (χ0n) is 39.6. The summed E-state index contributed by atoms with van der Waals surface area (Å²) in [6.45, 7) is 4.83. The number of esters is 2. The maximum atomic E-state index is 12.8. The largest absolute Gasteiger partial charge is 0.477 e. The normalized spacial score (nSPS) is 13.2. The van der Waals surface area contributed by atoms with Crippen molar-refractivity contribution in [2.24, 2.45) is 0 Å². The lowest BCUT2D eigenvalue weighted by molar-refractivity contribution is -0.870. The van der Waals surface area contributed by atoms with Crippen LogP contribution in [0.2, 0.25) is 0 Å². The van der Waals surface area contributed by atoms with Crippen molar-refractivity contribution in [1.29, 1.82) is 0 Å². The van der Waals surface area contributed by atoms with Crippen molar-refractivity contribution in [3.05, 3.63) is 36.5 Å². The molecule has 0 bridgehead atoms. The smallest absolute Gasteiger partial charge is 0.361 e. The van der Waals surface area contributed by atoms with Crippen LogP contribution in [0, 0.1) is 0 Å². The molecule has 0 aliphatic carbocycles. The number of hydrogen-bond donors (Lipinski definition) is 1. The number of rotatable bonds is 45. The molecule has 0 rings (SSSR count). The molecule has 0 fully saturated rings. The molecule has 0 aromatic rings. The molecule has 9 heteroatoms. The van der Waals surface area contributed by atoms with E-state index in [4.69, 9.17) is 18.9 Å². The fourth-order valence-electron chi connectivity index (χ4n) is 6.78. The van der Waals surface area contributed by atoms with Crippen LogP contribution < -0.4 is 0 Å². The van der Waals surface area contributed by atoms with E-state index >= 15 is 0 Å². The first kappa shape index (κ1) is 57.5. The Kier molecular flexibility index (Phi) is 41.4. The molecular formula is C51H94NO8+.